The molecular formula is C12H14N2O3. The van der Waals surface area contributed by atoms with Gasteiger partial charge in [-0.3, -0.25) is 10.1 Å². The summed E-state index contributed by atoms with van der Waals surface area (Å²) in [5, 5.41) is 10.5. The van der Waals surface area contributed by atoms with Crippen molar-refractivity contribution in [1.29, 1.82) is 0 Å². The predicted octanol–water partition coefficient (Wildman–Crippen LogP) is 2.40. The van der Waals surface area contributed by atoms with Gasteiger partial charge in [-0.05, 0) is 18.1 Å². The first-order valence-corrected chi connectivity index (χ1v) is 5.53. The van der Waals surface area contributed by atoms with Crippen LogP contribution in [0.15, 0.2) is 29.3 Å². The van der Waals surface area contributed by atoms with E-state index in [0.717, 1.165) is 5.56 Å². The van der Waals surface area contributed by atoms with Crippen LogP contribution in [-0.4, -0.2) is 23.5 Å². The molecule has 17 heavy (non-hydrogen) atoms. The smallest absolute Gasteiger partial charge is 0.269 e. The second kappa shape index (κ2) is 4.53. The van der Waals surface area contributed by atoms with E-state index >= 15 is 0 Å². The maximum atomic E-state index is 10.5. The molecule has 1 atom stereocenters. The molecule has 0 spiro atoms. The van der Waals surface area contributed by atoms with E-state index in [1.807, 2.05) is 0 Å². The van der Waals surface area contributed by atoms with E-state index < -0.39 is 4.92 Å². The normalized spacial score (nSPS) is 19.0. The highest BCUT2D eigenvalue weighted by atomic mass is 16.6. The Morgan fingerprint density at radius 2 is 2.06 bits per heavy atom. The predicted molar refractivity (Wildman–Crippen MR) is 64.2 cm³/mol. The van der Waals surface area contributed by atoms with Crippen LogP contribution in [0, 0.1) is 16.0 Å². The molecule has 0 fully saturated rings. The summed E-state index contributed by atoms with van der Waals surface area (Å²) in [5.74, 6) is 1.02. The van der Waals surface area contributed by atoms with Crippen LogP contribution < -0.4 is 0 Å². The fraction of sp³-hybridized carbons (Fsp3) is 0.417. The highest BCUT2D eigenvalue weighted by Gasteiger charge is 2.22. The van der Waals surface area contributed by atoms with Crippen molar-refractivity contribution in [2.75, 3.05) is 6.61 Å². The van der Waals surface area contributed by atoms with Crippen molar-refractivity contribution in [3.8, 4) is 0 Å². The van der Waals surface area contributed by atoms with E-state index in [2.05, 4.69) is 18.8 Å². The average molecular weight is 234 g/mol. The molecule has 1 aromatic carbocycles. The van der Waals surface area contributed by atoms with Crippen LogP contribution in [0.3, 0.4) is 0 Å². The van der Waals surface area contributed by atoms with E-state index in [0.29, 0.717) is 18.4 Å². The molecule has 0 unspecified atom stereocenters. The highest BCUT2D eigenvalue weighted by Crippen LogP contribution is 2.19. The van der Waals surface area contributed by atoms with E-state index in [1.54, 1.807) is 12.1 Å². The molecule has 1 aromatic rings. The van der Waals surface area contributed by atoms with Gasteiger partial charge in [0, 0.05) is 17.7 Å². The lowest BCUT2D eigenvalue weighted by Gasteiger charge is -2.06. The fourth-order valence-electron chi connectivity index (χ4n) is 1.61. The number of benzene rings is 1. The Bertz CT molecular complexity index is 451. The summed E-state index contributed by atoms with van der Waals surface area (Å²) in [5.41, 5.74) is 0.867. The average Bonchev–Trinajstić information content (AvgIpc) is 2.78. The minimum absolute atomic E-state index is 0.0766. The molecule has 0 N–H and O–H groups in total. The molecule has 0 aliphatic carbocycles. The van der Waals surface area contributed by atoms with Crippen LogP contribution in [0.4, 0.5) is 5.69 Å². The van der Waals surface area contributed by atoms with Gasteiger partial charge in [-0.2, -0.15) is 0 Å². The first-order chi connectivity index (χ1) is 8.08. The minimum atomic E-state index is -0.419. The van der Waals surface area contributed by atoms with Crippen LogP contribution >= 0.6 is 0 Å². The largest absolute Gasteiger partial charge is 0.475 e. The molecule has 0 bridgehead atoms. The van der Waals surface area contributed by atoms with Gasteiger partial charge in [-0.25, -0.2) is 4.99 Å². The van der Waals surface area contributed by atoms with Crippen molar-refractivity contribution in [3.63, 3.8) is 0 Å². The zero-order valence-corrected chi connectivity index (χ0v) is 9.79. The quantitative estimate of drug-likeness (QED) is 0.595. The number of aliphatic imine (C=N–C) groups is 1. The van der Waals surface area contributed by atoms with E-state index in [9.17, 15) is 10.1 Å². The van der Waals surface area contributed by atoms with Gasteiger partial charge in [0.2, 0.25) is 5.90 Å². The van der Waals surface area contributed by atoms with Crippen LogP contribution in [-0.2, 0) is 4.74 Å². The van der Waals surface area contributed by atoms with Gasteiger partial charge < -0.3 is 4.74 Å². The monoisotopic (exact) mass is 234 g/mol. The number of nitro benzene ring substituents is 1. The Balaban J connectivity index is 2.19. The molecule has 1 aliphatic heterocycles. The first kappa shape index (κ1) is 11.6. The number of nitrogens with zero attached hydrogens (tertiary/aromatic N) is 2. The first-order valence-electron chi connectivity index (χ1n) is 5.53. The molecule has 0 saturated carbocycles. The number of ether oxygens (including phenoxy) is 1. The van der Waals surface area contributed by atoms with Gasteiger partial charge in [0.05, 0.1) is 11.0 Å². The lowest BCUT2D eigenvalue weighted by atomic mass is 10.1. The maximum absolute atomic E-state index is 10.5. The summed E-state index contributed by atoms with van der Waals surface area (Å²) >= 11 is 0. The van der Waals surface area contributed by atoms with Gasteiger partial charge in [0.15, 0.2) is 0 Å². The zero-order chi connectivity index (χ0) is 12.4. The molecule has 1 heterocycles. The zero-order valence-electron chi connectivity index (χ0n) is 9.79. The standard InChI is InChI=1S/C12H14N2O3/c1-8(2)11-7-17-12(13-11)9-3-5-10(6-4-9)14(15)16/h3-6,8,11H,7H2,1-2H3/t11-/m0/s1. The Hall–Kier alpha value is -1.91. The molecule has 90 valence electrons. The van der Waals surface area contributed by atoms with Gasteiger partial charge >= 0.3 is 0 Å². The van der Waals surface area contributed by atoms with Gasteiger partial charge in [-0.1, -0.05) is 13.8 Å². The van der Waals surface area contributed by atoms with Crippen molar-refractivity contribution in [2.24, 2.45) is 10.9 Å². The van der Waals surface area contributed by atoms with E-state index in [1.165, 1.54) is 12.1 Å². The third kappa shape index (κ3) is 2.43. The Labute approximate surface area is 99.3 Å². The van der Waals surface area contributed by atoms with Crippen LogP contribution in [0.5, 0.6) is 0 Å². The summed E-state index contributed by atoms with van der Waals surface area (Å²) in [6.45, 7) is 4.77. The Morgan fingerprint density at radius 3 is 2.53 bits per heavy atom. The number of non-ortho nitro benzene ring substituents is 1. The molecular weight excluding hydrogens is 220 g/mol. The third-order valence-corrected chi connectivity index (χ3v) is 2.77. The van der Waals surface area contributed by atoms with Crippen LogP contribution in [0.1, 0.15) is 19.4 Å². The lowest BCUT2D eigenvalue weighted by molar-refractivity contribution is -0.384. The number of hydrogen-bond acceptors (Lipinski definition) is 4. The van der Waals surface area contributed by atoms with Crippen molar-refractivity contribution in [1.82, 2.24) is 0 Å². The Morgan fingerprint density at radius 1 is 1.41 bits per heavy atom. The van der Waals surface area contributed by atoms with Crippen molar-refractivity contribution >= 4 is 11.6 Å². The third-order valence-electron chi connectivity index (χ3n) is 2.77. The summed E-state index contributed by atoms with van der Waals surface area (Å²) in [4.78, 5) is 14.6. The summed E-state index contributed by atoms with van der Waals surface area (Å²) in [6, 6.07) is 6.44. The maximum Gasteiger partial charge on any atom is 0.269 e. The van der Waals surface area contributed by atoms with Gasteiger partial charge in [0.25, 0.3) is 5.69 Å². The number of hydrogen-bond donors (Lipinski definition) is 0. The van der Waals surface area contributed by atoms with Crippen molar-refractivity contribution < 1.29 is 9.66 Å². The Kier molecular flexibility index (Phi) is 3.08. The van der Waals surface area contributed by atoms with Crippen LogP contribution in [0.25, 0.3) is 0 Å². The molecule has 5 nitrogen and oxygen atoms in total. The number of nitro groups is 1. The van der Waals surface area contributed by atoms with E-state index in [4.69, 9.17) is 4.74 Å². The lowest BCUT2D eigenvalue weighted by Crippen LogP contribution is -2.13. The molecule has 2 rings (SSSR count). The SMILES string of the molecule is CC(C)[C@@H]1COC(c2ccc([N+](=O)[O-])cc2)=N1. The van der Waals surface area contributed by atoms with Crippen LogP contribution in [0.2, 0.25) is 0 Å². The van der Waals surface area contributed by atoms with Crippen molar-refractivity contribution in [3.05, 3.63) is 39.9 Å². The summed E-state index contributed by atoms with van der Waals surface area (Å²) in [7, 11) is 0. The molecule has 1 aliphatic rings. The fourth-order valence-corrected chi connectivity index (χ4v) is 1.61. The molecule has 0 saturated heterocycles. The topological polar surface area (TPSA) is 64.7 Å². The molecule has 0 aromatic heterocycles. The minimum Gasteiger partial charge on any atom is -0.475 e. The van der Waals surface area contributed by atoms with Crippen molar-refractivity contribution in [2.45, 2.75) is 19.9 Å². The van der Waals surface area contributed by atoms with Gasteiger partial charge in [-0.15, -0.1) is 0 Å². The second-order valence-corrected chi connectivity index (χ2v) is 4.36. The molecule has 0 amide bonds. The van der Waals surface area contributed by atoms with Gasteiger partial charge in [0.1, 0.15) is 6.61 Å². The summed E-state index contributed by atoms with van der Waals surface area (Å²) in [6.07, 6.45) is 0. The second-order valence-electron chi connectivity index (χ2n) is 4.36. The molecule has 5 heteroatoms. The highest BCUT2D eigenvalue weighted by molar-refractivity contribution is 5.95. The number of rotatable bonds is 3. The molecule has 0 radical (unpaired) electrons. The summed E-state index contributed by atoms with van der Waals surface area (Å²) < 4.78 is 5.49. The van der Waals surface area contributed by atoms with E-state index in [-0.39, 0.29) is 11.7 Å².